The number of nitrogens with zero attached hydrogens (tertiary/aromatic N) is 2. The summed E-state index contributed by atoms with van der Waals surface area (Å²) in [5.74, 6) is -3.86. The summed E-state index contributed by atoms with van der Waals surface area (Å²) in [5.41, 5.74) is 1.54. The van der Waals surface area contributed by atoms with Crippen molar-refractivity contribution in [2.75, 3.05) is 0 Å². The summed E-state index contributed by atoms with van der Waals surface area (Å²) in [7, 11) is -4.70. The Labute approximate surface area is 156 Å². The highest BCUT2D eigenvalue weighted by Crippen LogP contribution is 2.20. The van der Waals surface area contributed by atoms with Crippen LogP contribution in [0.4, 0.5) is 8.78 Å². The molecule has 27 heavy (non-hydrogen) atoms. The Morgan fingerprint density at radius 3 is 2.07 bits per heavy atom. The zero-order valence-electron chi connectivity index (χ0n) is 14.8. The molecule has 0 saturated carbocycles. The fourth-order valence-corrected chi connectivity index (χ4v) is 3.15. The molecule has 0 bridgehead atoms. The van der Waals surface area contributed by atoms with Gasteiger partial charge in [0.1, 0.15) is 0 Å². The first-order valence-electron chi connectivity index (χ1n) is 8.09. The molecule has 0 aliphatic carbocycles. The molecular weight excluding hydrogens is 374 g/mol. The van der Waals surface area contributed by atoms with Crippen molar-refractivity contribution in [1.29, 1.82) is 5.26 Å². The van der Waals surface area contributed by atoms with Crippen molar-refractivity contribution in [3.8, 4) is 6.07 Å². The van der Waals surface area contributed by atoms with E-state index in [4.69, 9.17) is 5.26 Å². The number of carbonyl (C=O) groups is 1. The number of rotatable bonds is 6. The van der Waals surface area contributed by atoms with Crippen LogP contribution in [-0.2, 0) is 16.4 Å². The van der Waals surface area contributed by atoms with Crippen LogP contribution in [0.2, 0.25) is 0 Å². The molecule has 2 aromatic rings. The van der Waals surface area contributed by atoms with Crippen LogP contribution in [0.25, 0.3) is 0 Å². The van der Waals surface area contributed by atoms with Crippen molar-refractivity contribution in [1.82, 2.24) is 4.90 Å². The van der Waals surface area contributed by atoms with Gasteiger partial charge in [0.15, 0.2) is 0 Å². The summed E-state index contributed by atoms with van der Waals surface area (Å²) < 4.78 is 48.2. The van der Waals surface area contributed by atoms with E-state index in [1.165, 1.54) is 12.1 Å². The van der Waals surface area contributed by atoms with Crippen LogP contribution in [0.15, 0.2) is 53.4 Å². The number of nitriles is 1. The molecule has 0 atom stereocenters. The summed E-state index contributed by atoms with van der Waals surface area (Å²) in [5, 5.41) is 8.85. The van der Waals surface area contributed by atoms with Crippen LogP contribution in [0.3, 0.4) is 0 Å². The minimum absolute atomic E-state index is 0.155. The summed E-state index contributed by atoms with van der Waals surface area (Å²) in [4.78, 5) is 13.8. The second-order valence-corrected chi connectivity index (χ2v) is 8.08. The Hall–Kier alpha value is -2.79. The maximum absolute atomic E-state index is 12.8. The van der Waals surface area contributed by atoms with E-state index in [0.717, 1.165) is 17.7 Å². The number of carbonyl (C=O) groups excluding carboxylic acids is 1. The van der Waals surface area contributed by atoms with E-state index in [2.05, 4.69) is 0 Å². The molecule has 0 fully saturated rings. The molecule has 1 amide bonds. The SMILES string of the molecule is CC(C)N(Cc1ccc(C#N)cc1)C(=O)c1ccc(S(=O)(=O)C(F)F)cc1. The van der Waals surface area contributed by atoms with E-state index >= 15 is 0 Å². The maximum atomic E-state index is 12.8. The largest absolute Gasteiger partial charge is 0.341 e. The lowest BCUT2D eigenvalue weighted by atomic mass is 10.1. The van der Waals surface area contributed by atoms with Crippen LogP contribution in [0, 0.1) is 11.3 Å². The van der Waals surface area contributed by atoms with Gasteiger partial charge >= 0.3 is 5.76 Å². The summed E-state index contributed by atoms with van der Waals surface area (Å²) >= 11 is 0. The number of hydrogen-bond acceptors (Lipinski definition) is 4. The lowest BCUT2D eigenvalue weighted by molar-refractivity contribution is 0.0690. The Morgan fingerprint density at radius 1 is 1.07 bits per heavy atom. The molecule has 0 unspecified atom stereocenters. The molecule has 0 aliphatic heterocycles. The van der Waals surface area contributed by atoms with Crippen molar-refractivity contribution < 1.29 is 22.0 Å². The van der Waals surface area contributed by atoms with Crippen molar-refractivity contribution in [3.05, 3.63) is 65.2 Å². The van der Waals surface area contributed by atoms with Gasteiger partial charge in [-0.2, -0.15) is 14.0 Å². The van der Waals surface area contributed by atoms with Gasteiger partial charge in [-0.15, -0.1) is 0 Å². The smallest absolute Gasteiger partial charge is 0.332 e. The van der Waals surface area contributed by atoms with Crippen molar-refractivity contribution in [3.63, 3.8) is 0 Å². The molecular formula is C19H18F2N2O3S. The van der Waals surface area contributed by atoms with E-state index in [-0.39, 0.29) is 17.5 Å². The van der Waals surface area contributed by atoms with Gasteiger partial charge in [0.2, 0.25) is 9.84 Å². The fraction of sp³-hybridized carbons (Fsp3) is 0.263. The van der Waals surface area contributed by atoms with Gasteiger partial charge in [-0.3, -0.25) is 4.79 Å². The molecule has 0 radical (unpaired) electrons. The highest BCUT2D eigenvalue weighted by atomic mass is 32.2. The highest BCUT2D eigenvalue weighted by molar-refractivity contribution is 7.91. The van der Waals surface area contributed by atoms with Gasteiger partial charge in [0.25, 0.3) is 5.91 Å². The molecule has 0 heterocycles. The molecule has 0 saturated heterocycles. The highest BCUT2D eigenvalue weighted by Gasteiger charge is 2.27. The summed E-state index contributed by atoms with van der Waals surface area (Å²) in [6.45, 7) is 3.95. The maximum Gasteiger partial charge on any atom is 0.341 e. The van der Waals surface area contributed by atoms with Gasteiger partial charge in [0, 0.05) is 18.2 Å². The molecule has 0 N–H and O–H groups in total. The van der Waals surface area contributed by atoms with Crippen LogP contribution in [-0.4, -0.2) is 31.0 Å². The number of benzene rings is 2. The molecule has 5 nitrogen and oxygen atoms in total. The average Bonchev–Trinajstić information content (AvgIpc) is 2.65. The topological polar surface area (TPSA) is 78.2 Å². The van der Waals surface area contributed by atoms with Gasteiger partial charge < -0.3 is 4.90 Å². The third-order valence-electron chi connectivity index (χ3n) is 3.98. The van der Waals surface area contributed by atoms with E-state index in [9.17, 15) is 22.0 Å². The average molecular weight is 392 g/mol. The zero-order chi connectivity index (χ0) is 20.2. The summed E-state index contributed by atoms with van der Waals surface area (Å²) in [6.07, 6.45) is 0. The van der Waals surface area contributed by atoms with Crippen LogP contribution in [0.5, 0.6) is 0 Å². The Morgan fingerprint density at radius 2 is 1.63 bits per heavy atom. The molecule has 0 aromatic heterocycles. The third-order valence-corrected chi connectivity index (χ3v) is 5.38. The monoisotopic (exact) mass is 392 g/mol. The number of amides is 1. The van der Waals surface area contributed by atoms with Gasteiger partial charge in [-0.05, 0) is 55.8 Å². The molecule has 2 rings (SSSR count). The van der Waals surface area contributed by atoms with E-state index in [0.29, 0.717) is 12.1 Å². The standard InChI is InChI=1S/C19H18F2N2O3S/c1-13(2)23(12-15-5-3-14(11-22)4-6-15)18(24)16-7-9-17(10-8-16)27(25,26)19(20)21/h3-10,13,19H,12H2,1-2H3. The molecule has 0 spiro atoms. The van der Waals surface area contributed by atoms with Crippen molar-refractivity contribution >= 4 is 15.7 Å². The third kappa shape index (κ3) is 4.68. The zero-order valence-corrected chi connectivity index (χ0v) is 15.6. The molecule has 2 aromatic carbocycles. The number of hydrogen-bond donors (Lipinski definition) is 0. The first-order valence-corrected chi connectivity index (χ1v) is 9.63. The number of halogens is 2. The number of alkyl halides is 2. The minimum atomic E-state index is -4.70. The Bertz CT molecular complexity index is 948. The van der Waals surface area contributed by atoms with Gasteiger partial charge in [-0.1, -0.05) is 12.1 Å². The van der Waals surface area contributed by atoms with Gasteiger partial charge in [-0.25, -0.2) is 8.42 Å². The Balaban J connectivity index is 2.25. The normalized spacial score (nSPS) is 11.4. The van der Waals surface area contributed by atoms with E-state index < -0.39 is 20.5 Å². The van der Waals surface area contributed by atoms with Crippen molar-refractivity contribution in [2.24, 2.45) is 0 Å². The van der Waals surface area contributed by atoms with E-state index in [1.807, 2.05) is 19.9 Å². The lowest BCUT2D eigenvalue weighted by Gasteiger charge is -2.27. The lowest BCUT2D eigenvalue weighted by Crippen LogP contribution is -2.36. The van der Waals surface area contributed by atoms with Crippen LogP contribution >= 0.6 is 0 Å². The van der Waals surface area contributed by atoms with Crippen molar-refractivity contribution in [2.45, 2.75) is 37.1 Å². The second kappa shape index (κ2) is 8.27. The predicted molar refractivity (Wildman–Crippen MR) is 95.8 cm³/mol. The summed E-state index contributed by atoms with van der Waals surface area (Å²) in [6, 6.07) is 13.1. The predicted octanol–water partition coefficient (Wildman–Crippen LogP) is 3.61. The van der Waals surface area contributed by atoms with Crippen LogP contribution in [0.1, 0.15) is 35.3 Å². The minimum Gasteiger partial charge on any atom is -0.332 e. The van der Waals surface area contributed by atoms with Gasteiger partial charge in [0.05, 0.1) is 16.5 Å². The Kier molecular flexibility index (Phi) is 6.28. The van der Waals surface area contributed by atoms with Crippen LogP contribution < -0.4 is 0 Å². The molecule has 8 heteroatoms. The quantitative estimate of drug-likeness (QED) is 0.752. The first kappa shape index (κ1) is 20.5. The molecule has 142 valence electrons. The number of sulfone groups is 1. The fourth-order valence-electron chi connectivity index (χ4n) is 2.43. The molecule has 0 aliphatic rings. The second-order valence-electron chi connectivity index (χ2n) is 6.17. The van der Waals surface area contributed by atoms with E-state index in [1.54, 1.807) is 29.2 Å². The first-order chi connectivity index (χ1) is 12.7.